The lowest BCUT2D eigenvalue weighted by atomic mass is 10.0. The van der Waals surface area contributed by atoms with Crippen molar-refractivity contribution in [2.45, 2.75) is 19.8 Å². The summed E-state index contributed by atoms with van der Waals surface area (Å²) in [5.74, 6) is 0.428. The zero-order chi connectivity index (χ0) is 14.4. The molecule has 0 aromatic heterocycles. The summed E-state index contributed by atoms with van der Waals surface area (Å²) >= 11 is 0. The van der Waals surface area contributed by atoms with Crippen LogP contribution in [0.25, 0.3) is 6.08 Å². The predicted molar refractivity (Wildman–Crippen MR) is 80.1 cm³/mol. The van der Waals surface area contributed by atoms with Crippen LogP contribution in [0, 0.1) is 0 Å². The average molecular weight is 274 g/mol. The van der Waals surface area contributed by atoms with Crippen molar-refractivity contribution in [1.29, 1.82) is 0 Å². The van der Waals surface area contributed by atoms with E-state index in [1.165, 1.54) is 5.56 Å². The van der Waals surface area contributed by atoms with Crippen LogP contribution in [0.5, 0.6) is 0 Å². The lowest BCUT2D eigenvalue weighted by molar-refractivity contribution is -0.123. The standard InChI is InChI=1S/C16H22N2O2/c1-13(2)15-6-3-14(4-7-15)5-8-16(19)17-18-9-11-20-12-10-18/h3-8,13H,9-12H2,1-2H3,(H,17,19)/b8-5+. The SMILES string of the molecule is CC(C)c1ccc(/C=C/C(=O)NN2CCOCC2)cc1. The molecule has 1 amide bonds. The number of carbonyl (C=O) groups excluding carboxylic acids is 1. The summed E-state index contributed by atoms with van der Waals surface area (Å²) < 4.78 is 5.23. The first-order valence-electron chi connectivity index (χ1n) is 7.06. The Hall–Kier alpha value is -1.65. The number of benzene rings is 1. The van der Waals surface area contributed by atoms with Crippen molar-refractivity contribution in [2.75, 3.05) is 26.3 Å². The minimum Gasteiger partial charge on any atom is -0.379 e. The lowest BCUT2D eigenvalue weighted by Gasteiger charge is -2.26. The molecular formula is C16H22N2O2. The molecule has 1 N–H and O–H groups in total. The van der Waals surface area contributed by atoms with Gasteiger partial charge < -0.3 is 4.74 Å². The Morgan fingerprint density at radius 2 is 1.90 bits per heavy atom. The molecule has 2 rings (SSSR count). The van der Waals surface area contributed by atoms with Crippen molar-refractivity contribution in [3.63, 3.8) is 0 Å². The molecule has 1 saturated heterocycles. The molecule has 1 aromatic rings. The van der Waals surface area contributed by atoms with E-state index in [0.717, 1.165) is 18.7 Å². The summed E-state index contributed by atoms with van der Waals surface area (Å²) in [5, 5.41) is 1.89. The van der Waals surface area contributed by atoms with Crippen LogP contribution >= 0.6 is 0 Å². The van der Waals surface area contributed by atoms with Crippen LogP contribution in [-0.4, -0.2) is 37.2 Å². The second-order valence-corrected chi connectivity index (χ2v) is 5.23. The summed E-state index contributed by atoms with van der Waals surface area (Å²) in [7, 11) is 0. The minimum absolute atomic E-state index is 0.0974. The van der Waals surface area contributed by atoms with Gasteiger partial charge >= 0.3 is 0 Å². The Morgan fingerprint density at radius 1 is 1.25 bits per heavy atom. The molecule has 1 heterocycles. The zero-order valence-corrected chi connectivity index (χ0v) is 12.1. The number of nitrogens with zero attached hydrogens (tertiary/aromatic N) is 1. The van der Waals surface area contributed by atoms with E-state index in [1.54, 1.807) is 6.08 Å². The molecular weight excluding hydrogens is 252 g/mol. The Bertz CT molecular complexity index is 460. The van der Waals surface area contributed by atoms with Crippen LogP contribution in [0.1, 0.15) is 30.9 Å². The fourth-order valence-electron chi connectivity index (χ4n) is 2.03. The maximum absolute atomic E-state index is 11.8. The number of morpholine rings is 1. The van der Waals surface area contributed by atoms with Gasteiger partial charge in [-0.15, -0.1) is 0 Å². The second-order valence-electron chi connectivity index (χ2n) is 5.23. The monoisotopic (exact) mass is 274 g/mol. The third kappa shape index (κ3) is 4.47. The first-order valence-corrected chi connectivity index (χ1v) is 7.06. The minimum atomic E-state index is -0.0974. The van der Waals surface area contributed by atoms with E-state index in [-0.39, 0.29) is 5.91 Å². The van der Waals surface area contributed by atoms with Crippen LogP contribution in [-0.2, 0) is 9.53 Å². The molecule has 0 spiro atoms. The van der Waals surface area contributed by atoms with Gasteiger partial charge in [0.2, 0.25) is 0 Å². The third-order valence-electron chi connectivity index (χ3n) is 3.31. The number of rotatable bonds is 4. The quantitative estimate of drug-likeness (QED) is 0.856. The number of hydrazine groups is 1. The lowest BCUT2D eigenvalue weighted by Crippen LogP contribution is -2.47. The van der Waals surface area contributed by atoms with Gasteiger partial charge in [-0.3, -0.25) is 10.2 Å². The van der Waals surface area contributed by atoms with Crippen molar-refractivity contribution in [3.05, 3.63) is 41.5 Å². The molecule has 1 aromatic carbocycles. The van der Waals surface area contributed by atoms with Crippen LogP contribution in [0.3, 0.4) is 0 Å². The first kappa shape index (κ1) is 14.8. The highest BCUT2D eigenvalue weighted by Crippen LogP contribution is 2.15. The molecule has 1 fully saturated rings. The van der Waals surface area contributed by atoms with Gasteiger partial charge in [0.15, 0.2) is 0 Å². The first-order chi connectivity index (χ1) is 9.65. The van der Waals surface area contributed by atoms with E-state index in [9.17, 15) is 4.79 Å². The topological polar surface area (TPSA) is 41.6 Å². The highest BCUT2D eigenvalue weighted by molar-refractivity contribution is 5.91. The van der Waals surface area contributed by atoms with Crippen LogP contribution in [0.2, 0.25) is 0 Å². The Morgan fingerprint density at radius 3 is 2.50 bits per heavy atom. The van der Waals surface area contributed by atoms with E-state index in [0.29, 0.717) is 19.1 Å². The van der Waals surface area contributed by atoms with Crippen molar-refractivity contribution >= 4 is 12.0 Å². The molecule has 4 nitrogen and oxygen atoms in total. The van der Waals surface area contributed by atoms with E-state index >= 15 is 0 Å². The van der Waals surface area contributed by atoms with Gasteiger partial charge in [-0.1, -0.05) is 38.1 Å². The van der Waals surface area contributed by atoms with Crippen LogP contribution < -0.4 is 5.43 Å². The molecule has 0 atom stereocenters. The van der Waals surface area contributed by atoms with E-state index in [4.69, 9.17) is 4.74 Å². The van der Waals surface area contributed by atoms with Gasteiger partial charge in [0.05, 0.1) is 13.2 Å². The van der Waals surface area contributed by atoms with Crippen molar-refractivity contribution < 1.29 is 9.53 Å². The highest BCUT2D eigenvalue weighted by Gasteiger charge is 2.11. The number of nitrogens with one attached hydrogen (secondary N) is 1. The molecule has 1 aliphatic heterocycles. The van der Waals surface area contributed by atoms with E-state index in [1.807, 2.05) is 23.2 Å². The van der Waals surface area contributed by atoms with E-state index < -0.39 is 0 Å². The van der Waals surface area contributed by atoms with Gasteiger partial charge in [-0.25, -0.2) is 5.01 Å². The zero-order valence-electron chi connectivity index (χ0n) is 12.1. The van der Waals surface area contributed by atoms with Crippen LogP contribution in [0.4, 0.5) is 0 Å². The molecule has 4 heteroatoms. The van der Waals surface area contributed by atoms with Gasteiger partial charge in [-0.2, -0.15) is 0 Å². The molecule has 20 heavy (non-hydrogen) atoms. The number of hydrogen-bond acceptors (Lipinski definition) is 3. The molecule has 0 saturated carbocycles. The molecule has 0 aliphatic carbocycles. The van der Waals surface area contributed by atoms with Gasteiger partial charge in [0.1, 0.15) is 0 Å². The third-order valence-corrected chi connectivity index (χ3v) is 3.31. The van der Waals surface area contributed by atoms with Crippen molar-refractivity contribution in [1.82, 2.24) is 10.4 Å². The van der Waals surface area contributed by atoms with Gasteiger partial charge in [-0.05, 0) is 23.1 Å². The largest absolute Gasteiger partial charge is 0.379 e. The molecule has 108 valence electrons. The molecule has 0 radical (unpaired) electrons. The van der Waals surface area contributed by atoms with Gasteiger partial charge in [0, 0.05) is 19.2 Å². The van der Waals surface area contributed by atoms with Gasteiger partial charge in [0.25, 0.3) is 5.91 Å². The smallest absolute Gasteiger partial charge is 0.258 e. The number of hydrogen-bond donors (Lipinski definition) is 1. The fraction of sp³-hybridized carbons (Fsp3) is 0.438. The van der Waals surface area contributed by atoms with Crippen molar-refractivity contribution in [2.24, 2.45) is 0 Å². The number of ether oxygens (including phenoxy) is 1. The summed E-state index contributed by atoms with van der Waals surface area (Å²) in [6, 6.07) is 8.27. The van der Waals surface area contributed by atoms with E-state index in [2.05, 4.69) is 31.4 Å². The molecule has 0 bridgehead atoms. The molecule has 1 aliphatic rings. The summed E-state index contributed by atoms with van der Waals surface area (Å²) in [6.07, 6.45) is 3.40. The normalized spacial score (nSPS) is 16.8. The second kappa shape index (κ2) is 7.22. The summed E-state index contributed by atoms with van der Waals surface area (Å²) in [6.45, 7) is 7.15. The Labute approximate surface area is 120 Å². The maximum Gasteiger partial charge on any atom is 0.258 e. The maximum atomic E-state index is 11.8. The number of amides is 1. The molecule has 0 unspecified atom stereocenters. The average Bonchev–Trinajstić information content (AvgIpc) is 2.46. The summed E-state index contributed by atoms with van der Waals surface area (Å²) in [5.41, 5.74) is 5.19. The van der Waals surface area contributed by atoms with Crippen molar-refractivity contribution in [3.8, 4) is 0 Å². The summed E-state index contributed by atoms with van der Waals surface area (Å²) in [4.78, 5) is 11.8. The highest BCUT2D eigenvalue weighted by atomic mass is 16.5. The Balaban J connectivity index is 1.86. The van der Waals surface area contributed by atoms with Crippen LogP contribution in [0.15, 0.2) is 30.3 Å². The predicted octanol–water partition coefficient (Wildman–Crippen LogP) is 2.19. The fourth-order valence-corrected chi connectivity index (χ4v) is 2.03. The Kier molecular flexibility index (Phi) is 5.32. The number of carbonyl (C=O) groups is 1.